The summed E-state index contributed by atoms with van der Waals surface area (Å²) in [4.78, 5) is 12.9. The summed E-state index contributed by atoms with van der Waals surface area (Å²) in [7, 11) is 1.79. The lowest BCUT2D eigenvalue weighted by molar-refractivity contribution is 0.1000. The van der Waals surface area contributed by atoms with Crippen molar-refractivity contribution in [3.05, 3.63) is 0 Å². The van der Waals surface area contributed by atoms with Crippen LogP contribution in [-0.2, 0) is 4.74 Å². The molecule has 1 fully saturated rings. The molecule has 0 radical (unpaired) electrons. The lowest BCUT2D eigenvalue weighted by atomic mass is 10.2. The largest absolute Gasteiger partial charge is 0.463 e. The van der Waals surface area contributed by atoms with E-state index in [1.165, 1.54) is 0 Å². The Morgan fingerprint density at radius 3 is 2.79 bits per heavy atom. The molecule has 1 aromatic rings. The van der Waals surface area contributed by atoms with Crippen LogP contribution in [0, 0.1) is 0 Å². The highest BCUT2D eigenvalue weighted by molar-refractivity contribution is 7.99. The highest BCUT2D eigenvalue weighted by Crippen LogP contribution is 2.28. The van der Waals surface area contributed by atoms with Gasteiger partial charge in [0.15, 0.2) is 5.16 Å². The Balaban J connectivity index is 2.04. The number of anilines is 1. The van der Waals surface area contributed by atoms with Gasteiger partial charge >= 0.3 is 6.01 Å². The maximum Gasteiger partial charge on any atom is 0.322 e. The second-order valence-electron chi connectivity index (χ2n) is 4.25. The fourth-order valence-electron chi connectivity index (χ4n) is 1.70. The van der Waals surface area contributed by atoms with E-state index in [2.05, 4.69) is 27.2 Å². The Hall–Kier alpha value is -1.08. The molecule has 106 valence electrons. The molecule has 2 heterocycles. The van der Waals surface area contributed by atoms with E-state index in [9.17, 15) is 0 Å². The lowest BCUT2D eigenvalue weighted by Crippen LogP contribution is -2.18. The first kappa shape index (κ1) is 14.3. The van der Waals surface area contributed by atoms with Gasteiger partial charge in [-0.2, -0.15) is 15.0 Å². The van der Waals surface area contributed by atoms with Gasteiger partial charge in [-0.3, -0.25) is 0 Å². The van der Waals surface area contributed by atoms with Crippen molar-refractivity contribution in [3.63, 3.8) is 0 Å². The number of rotatable bonds is 6. The van der Waals surface area contributed by atoms with Crippen molar-refractivity contribution in [1.29, 1.82) is 0 Å². The summed E-state index contributed by atoms with van der Waals surface area (Å²) in [6, 6.07) is 0.399. The molecule has 0 unspecified atom stereocenters. The van der Waals surface area contributed by atoms with E-state index < -0.39 is 0 Å². The van der Waals surface area contributed by atoms with Crippen LogP contribution < -0.4 is 10.1 Å². The first-order valence-corrected chi connectivity index (χ1v) is 7.50. The van der Waals surface area contributed by atoms with Gasteiger partial charge < -0.3 is 14.8 Å². The molecule has 19 heavy (non-hydrogen) atoms. The van der Waals surface area contributed by atoms with Crippen molar-refractivity contribution in [2.45, 2.75) is 36.6 Å². The van der Waals surface area contributed by atoms with Crippen LogP contribution in [0.15, 0.2) is 5.16 Å². The monoisotopic (exact) mass is 284 g/mol. The average molecular weight is 284 g/mol. The topological polar surface area (TPSA) is 69.2 Å². The van der Waals surface area contributed by atoms with E-state index in [1.54, 1.807) is 18.8 Å². The summed E-state index contributed by atoms with van der Waals surface area (Å²) < 4.78 is 10.8. The third-order valence-corrected chi connectivity index (χ3v) is 3.89. The maximum absolute atomic E-state index is 5.49. The summed E-state index contributed by atoms with van der Waals surface area (Å²) >= 11 is 1.68. The van der Waals surface area contributed by atoms with Gasteiger partial charge in [0.1, 0.15) is 0 Å². The molecule has 7 heteroatoms. The Kier molecular flexibility index (Phi) is 5.65. The second kappa shape index (κ2) is 7.49. The first-order chi connectivity index (χ1) is 9.31. The normalized spacial score (nSPS) is 16.3. The molecule has 2 rings (SSSR count). The van der Waals surface area contributed by atoms with Gasteiger partial charge in [-0.05, 0) is 19.3 Å². The van der Waals surface area contributed by atoms with Crippen molar-refractivity contribution in [2.75, 3.05) is 32.2 Å². The molecule has 1 aromatic heterocycles. The molecule has 1 N–H and O–H groups in total. The minimum Gasteiger partial charge on any atom is -0.463 e. The third kappa shape index (κ3) is 4.50. The maximum atomic E-state index is 5.49. The molecule has 0 spiro atoms. The van der Waals surface area contributed by atoms with Crippen LogP contribution in [0.5, 0.6) is 6.01 Å². The summed E-state index contributed by atoms with van der Waals surface area (Å²) in [6.07, 6.45) is 3.01. The van der Waals surface area contributed by atoms with Crippen LogP contribution in [0.4, 0.5) is 5.95 Å². The minimum absolute atomic E-state index is 0.399. The van der Waals surface area contributed by atoms with Gasteiger partial charge in [-0.1, -0.05) is 18.7 Å². The van der Waals surface area contributed by atoms with Crippen molar-refractivity contribution in [1.82, 2.24) is 15.0 Å². The Morgan fingerprint density at radius 1 is 1.32 bits per heavy atom. The fourth-order valence-corrected chi connectivity index (χ4v) is 2.70. The number of nitrogens with zero attached hydrogens (tertiary/aromatic N) is 3. The van der Waals surface area contributed by atoms with Gasteiger partial charge in [0.05, 0.1) is 6.61 Å². The molecule has 1 saturated heterocycles. The third-order valence-electron chi connectivity index (χ3n) is 2.69. The molecule has 0 amide bonds. The van der Waals surface area contributed by atoms with Crippen LogP contribution in [0.2, 0.25) is 0 Å². The van der Waals surface area contributed by atoms with Crippen molar-refractivity contribution in [3.8, 4) is 6.01 Å². The molecule has 6 nitrogen and oxygen atoms in total. The molecular formula is C12H20N4O2S. The van der Waals surface area contributed by atoms with E-state index in [4.69, 9.17) is 9.47 Å². The fraction of sp³-hybridized carbons (Fsp3) is 0.750. The Bertz CT molecular complexity index is 399. The number of hydrogen-bond donors (Lipinski definition) is 1. The summed E-state index contributed by atoms with van der Waals surface area (Å²) in [5, 5.41) is 4.17. The van der Waals surface area contributed by atoms with Gasteiger partial charge in [-0.15, -0.1) is 0 Å². The molecule has 0 aliphatic carbocycles. The zero-order chi connectivity index (χ0) is 13.5. The first-order valence-electron chi connectivity index (χ1n) is 6.63. The molecule has 0 bridgehead atoms. The van der Waals surface area contributed by atoms with E-state index in [1.807, 2.05) is 0 Å². The zero-order valence-corrected chi connectivity index (χ0v) is 12.2. The summed E-state index contributed by atoms with van der Waals surface area (Å²) in [6.45, 7) is 4.31. The predicted octanol–water partition coefficient (Wildman–Crippen LogP) is 1.97. The highest BCUT2D eigenvalue weighted by atomic mass is 32.2. The Labute approximate surface area is 117 Å². The number of nitrogens with one attached hydrogen (secondary N) is 1. The predicted molar refractivity (Wildman–Crippen MR) is 74.9 cm³/mol. The van der Waals surface area contributed by atoms with Crippen molar-refractivity contribution >= 4 is 17.7 Å². The highest BCUT2D eigenvalue weighted by Gasteiger charge is 2.18. The Morgan fingerprint density at radius 2 is 2.11 bits per heavy atom. The van der Waals surface area contributed by atoms with Crippen LogP contribution in [0.25, 0.3) is 0 Å². The standard InChI is InChI=1S/C12H20N4O2S/c1-3-6-18-11-14-10(13-2)15-12(16-11)19-9-4-7-17-8-5-9/h9H,3-8H2,1-2H3,(H,13,14,15,16). The van der Waals surface area contributed by atoms with Crippen LogP contribution >= 0.6 is 11.8 Å². The van der Waals surface area contributed by atoms with E-state index in [0.29, 0.717) is 23.8 Å². The summed E-state index contributed by atoms with van der Waals surface area (Å²) in [5.74, 6) is 0.552. The molecule has 0 saturated carbocycles. The van der Waals surface area contributed by atoms with Gasteiger partial charge in [-0.25, -0.2) is 0 Å². The lowest BCUT2D eigenvalue weighted by Gasteiger charge is -2.20. The second-order valence-corrected chi connectivity index (χ2v) is 5.52. The van der Waals surface area contributed by atoms with Gasteiger partial charge in [0, 0.05) is 25.5 Å². The van der Waals surface area contributed by atoms with Crippen LogP contribution in [-0.4, -0.2) is 47.1 Å². The van der Waals surface area contributed by atoms with Gasteiger partial charge in [0.25, 0.3) is 0 Å². The number of ether oxygens (including phenoxy) is 2. The van der Waals surface area contributed by atoms with Crippen LogP contribution in [0.1, 0.15) is 26.2 Å². The zero-order valence-electron chi connectivity index (χ0n) is 11.4. The van der Waals surface area contributed by atoms with Crippen LogP contribution in [0.3, 0.4) is 0 Å². The van der Waals surface area contributed by atoms with E-state index in [-0.39, 0.29) is 0 Å². The molecule has 1 aliphatic heterocycles. The van der Waals surface area contributed by atoms with Crippen molar-refractivity contribution in [2.24, 2.45) is 0 Å². The quantitative estimate of drug-likeness (QED) is 0.856. The number of thioether (sulfide) groups is 1. The van der Waals surface area contributed by atoms with Gasteiger partial charge in [0.2, 0.25) is 5.95 Å². The molecule has 0 atom stereocenters. The molecule has 0 aromatic carbocycles. The smallest absolute Gasteiger partial charge is 0.322 e. The summed E-state index contributed by atoms with van der Waals surface area (Å²) in [5.41, 5.74) is 0. The average Bonchev–Trinajstić information content (AvgIpc) is 2.46. The minimum atomic E-state index is 0.399. The SMILES string of the molecule is CCCOc1nc(NC)nc(SC2CCOCC2)n1. The van der Waals surface area contributed by atoms with Crippen molar-refractivity contribution < 1.29 is 9.47 Å². The molecule has 1 aliphatic rings. The number of hydrogen-bond acceptors (Lipinski definition) is 7. The van der Waals surface area contributed by atoms with E-state index >= 15 is 0 Å². The number of aromatic nitrogens is 3. The van der Waals surface area contributed by atoms with E-state index in [0.717, 1.165) is 37.6 Å². The molecular weight excluding hydrogens is 264 g/mol.